The Morgan fingerprint density at radius 2 is 1.92 bits per heavy atom. The van der Waals surface area contributed by atoms with E-state index in [-0.39, 0.29) is 11.9 Å². The molecule has 0 aliphatic carbocycles. The van der Waals surface area contributed by atoms with Crippen LogP contribution in [0.15, 0.2) is 40.8 Å². The minimum Gasteiger partial charge on any atom is -0.402 e. The van der Waals surface area contributed by atoms with Crippen LogP contribution in [0.2, 0.25) is 9.36 Å². The van der Waals surface area contributed by atoms with Gasteiger partial charge in [0.25, 0.3) is 11.8 Å². The Labute approximate surface area is 153 Å². The van der Waals surface area contributed by atoms with Gasteiger partial charge < -0.3 is 4.42 Å². The zero-order valence-corrected chi connectivity index (χ0v) is 14.9. The molecule has 0 atom stereocenters. The lowest BCUT2D eigenvalue weighted by molar-refractivity contribution is 0.102. The molecule has 1 amide bonds. The van der Waals surface area contributed by atoms with Gasteiger partial charge in [0.05, 0.1) is 14.2 Å². The Balaban J connectivity index is 1.59. The van der Waals surface area contributed by atoms with Gasteiger partial charge in [-0.05, 0) is 18.2 Å². The Kier molecular flexibility index (Phi) is 4.01. The monoisotopic (exact) mass is 395 g/mol. The molecule has 3 heterocycles. The van der Waals surface area contributed by atoms with Crippen molar-refractivity contribution in [3.05, 3.63) is 50.6 Å². The van der Waals surface area contributed by atoms with Crippen LogP contribution in [0.4, 0.5) is 6.01 Å². The molecule has 0 aliphatic rings. The summed E-state index contributed by atoms with van der Waals surface area (Å²) in [6, 6.07) is 11.1. The number of hydrogen-bond acceptors (Lipinski definition) is 6. The summed E-state index contributed by atoms with van der Waals surface area (Å²) in [5.74, 6) is -0.0924. The highest BCUT2D eigenvalue weighted by atomic mass is 35.5. The lowest BCUT2D eigenvalue weighted by Crippen LogP contribution is -2.10. The van der Waals surface area contributed by atoms with Crippen molar-refractivity contribution in [1.82, 2.24) is 10.2 Å². The van der Waals surface area contributed by atoms with Gasteiger partial charge >= 0.3 is 6.01 Å². The summed E-state index contributed by atoms with van der Waals surface area (Å²) in [5, 5.41) is 11.6. The first-order valence-corrected chi connectivity index (χ1v) is 9.08. The molecule has 3 aromatic heterocycles. The van der Waals surface area contributed by atoms with Crippen molar-refractivity contribution in [3.63, 3.8) is 0 Å². The van der Waals surface area contributed by atoms with E-state index in [4.69, 9.17) is 27.6 Å². The molecule has 0 aliphatic heterocycles. The Morgan fingerprint density at radius 3 is 2.67 bits per heavy atom. The number of fused-ring (bicyclic) bond motifs is 1. The minimum atomic E-state index is -0.388. The molecule has 0 saturated heterocycles. The third kappa shape index (κ3) is 2.80. The maximum Gasteiger partial charge on any atom is 0.322 e. The van der Waals surface area contributed by atoms with Gasteiger partial charge in [-0.25, -0.2) is 0 Å². The lowest BCUT2D eigenvalue weighted by Gasteiger charge is -1.97. The number of halogens is 2. The number of carbonyl (C=O) groups excluding carboxylic acids is 1. The molecule has 0 unspecified atom stereocenters. The summed E-state index contributed by atoms with van der Waals surface area (Å²) in [6.07, 6.45) is 0. The average Bonchev–Trinajstić information content (AvgIpc) is 3.27. The molecule has 9 heteroatoms. The van der Waals surface area contributed by atoms with E-state index in [9.17, 15) is 4.79 Å². The lowest BCUT2D eigenvalue weighted by atomic mass is 10.2. The van der Waals surface area contributed by atoms with Gasteiger partial charge in [0, 0.05) is 10.1 Å². The molecule has 0 bridgehead atoms. The van der Waals surface area contributed by atoms with Crippen molar-refractivity contribution in [2.24, 2.45) is 0 Å². The van der Waals surface area contributed by atoms with Crippen molar-refractivity contribution in [3.8, 4) is 10.8 Å². The molecule has 1 aromatic carbocycles. The SMILES string of the molecule is O=C(Nc1nnc(-c2ccc(Cl)s2)o1)c1sc2ccccc2c1Cl. The quantitative estimate of drug-likeness (QED) is 0.492. The smallest absolute Gasteiger partial charge is 0.322 e. The second-order valence-corrected chi connectivity index (χ2v) is 7.86. The fourth-order valence-electron chi connectivity index (χ4n) is 2.12. The third-order valence-electron chi connectivity index (χ3n) is 3.17. The van der Waals surface area contributed by atoms with Crippen LogP contribution < -0.4 is 5.32 Å². The fourth-order valence-corrected chi connectivity index (χ4v) is 4.49. The zero-order chi connectivity index (χ0) is 16.7. The van der Waals surface area contributed by atoms with Crippen LogP contribution in [0.1, 0.15) is 9.67 Å². The molecule has 0 radical (unpaired) electrons. The normalized spacial score (nSPS) is 11.1. The Morgan fingerprint density at radius 1 is 1.08 bits per heavy atom. The summed E-state index contributed by atoms with van der Waals surface area (Å²) < 4.78 is 7.00. The highest BCUT2D eigenvalue weighted by Gasteiger charge is 2.19. The number of aromatic nitrogens is 2. The summed E-state index contributed by atoms with van der Waals surface area (Å²) in [6.45, 7) is 0. The van der Waals surface area contributed by atoms with E-state index in [2.05, 4.69) is 15.5 Å². The summed E-state index contributed by atoms with van der Waals surface area (Å²) >= 11 is 14.8. The molecule has 4 aromatic rings. The minimum absolute atomic E-state index is 0.00745. The fraction of sp³-hybridized carbons (Fsp3) is 0. The second kappa shape index (κ2) is 6.18. The number of amides is 1. The summed E-state index contributed by atoms with van der Waals surface area (Å²) in [4.78, 5) is 13.6. The number of nitrogens with one attached hydrogen (secondary N) is 1. The third-order valence-corrected chi connectivity index (χ3v) is 6.06. The van der Waals surface area contributed by atoms with Crippen molar-refractivity contribution < 1.29 is 9.21 Å². The van der Waals surface area contributed by atoms with Gasteiger partial charge in [0.15, 0.2) is 0 Å². The highest BCUT2D eigenvalue weighted by molar-refractivity contribution is 7.21. The molecular formula is C15H7Cl2N3O2S2. The first-order chi connectivity index (χ1) is 11.6. The maximum atomic E-state index is 12.4. The zero-order valence-electron chi connectivity index (χ0n) is 11.7. The molecule has 4 rings (SSSR count). The first kappa shape index (κ1) is 15.6. The first-order valence-electron chi connectivity index (χ1n) is 6.69. The van der Waals surface area contributed by atoms with Crippen molar-refractivity contribution >= 4 is 67.9 Å². The predicted octanol–water partition coefficient (Wildman–Crippen LogP) is 5.57. The Hall–Kier alpha value is -1.93. The predicted molar refractivity (Wildman–Crippen MR) is 97.4 cm³/mol. The number of nitrogens with zero attached hydrogens (tertiary/aromatic N) is 2. The summed E-state index contributed by atoms with van der Waals surface area (Å²) in [7, 11) is 0. The van der Waals surface area contributed by atoms with Gasteiger partial charge in [-0.3, -0.25) is 10.1 Å². The van der Waals surface area contributed by atoms with Crippen molar-refractivity contribution in [2.45, 2.75) is 0 Å². The van der Waals surface area contributed by atoms with Gasteiger partial charge in [0.1, 0.15) is 4.88 Å². The molecular weight excluding hydrogens is 389 g/mol. The summed E-state index contributed by atoms with van der Waals surface area (Å²) in [5.41, 5.74) is 0. The van der Waals surface area contributed by atoms with Crippen LogP contribution in [0, 0.1) is 0 Å². The van der Waals surface area contributed by atoms with Gasteiger partial charge in [-0.2, -0.15) is 0 Å². The van der Waals surface area contributed by atoms with Crippen LogP contribution in [0.5, 0.6) is 0 Å². The molecule has 5 nitrogen and oxygen atoms in total. The van der Waals surface area contributed by atoms with E-state index in [1.807, 2.05) is 24.3 Å². The molecule has 0 fully saturated rings. The van der Waals surface area contributed by atoms with E-state index in [1.165, 1.54) is 22.7 Å². The van der Waals surface area contributed by atoms with E-state index in [0.29, 0.717) is 20.1 Å². The van der Waals surface area contributed by atoms with E-state index >= 15 is 0 Å². The number of hydrogen-bond donors (Lipinski definition) is 1. The molecule has 1 N–H and O–H groups in total. The van der Waals surface area contributed by atoms with E-state index < -0.39 is 0 Å². The van der Waals surface area contributed by atoms with Gasteiger partial charge in [-0.1, -0.05) is 46.5 Å². The highest BCUT2D eigenvalue weighted by Crippen LogP contribution is 2.36. The largest absolute Gasteiger partial charge is 0.402 e. The number of carbonyl (C=O) groups is 1. The second-order valence-electron chi connectivity index (χ2n) is 4.71. The van der Waals surface area contributed by atoms with E-state index in [0.717, 1.165) is 15.0 Å². The van der Waals surface area contributed by atoms with Gasteiger partial charge in [0.2, 0.25) is 0 Å². The molecule has 24 heavy (non-hydrogen) atoms. The standard InChI is InChI=1S/C15H7Cl2N3O2S2/c16-10-6-5-9(23-10)14-19-20-15(22-14)18-13(21)12-11(17)7-3-1-2-4-8(7)24-12/h1-6H,(H,18,20,21). The van der Waals surface area contributed by atoms with Crippen LogP contribution in [0.3, 0.4) is 0 Å². The van der Waals surface area contributed by atoms with Crippen molar-refractivity contribution in [1.29, 1.82) is 0 Å². The Bertz CT molecular complexity index is 1050. The van der Waals surface area contributed by atoms with Crippen LogP contribution in [0.25, 0.3) is 20.9 Å². The number of benzene rings is 1. The molecule has 0 spiro atoms. The molecule has 120 valence electrons. The number of anilines is 1. The van der Waals surface area contributed by atoms with Crippen LogP contribution in [-0.4, -0.2) is 16.1 Å². The topological polar surface area (TPSA) is 68.0 Å². The number of rotatable bonds is 3. The van der Waals surface area contributed by atoms with Crippen LogP contribution >= 0.6 is 45.9 Å². The van der Waals surface area contributed by atoms with Crippen molar-refractivity contribution in [2.75, 3.05) is 5.32 Å². The van der Waals surface area contributed by atoms with Crippen LogP contribution in [-0.2, 0) is 0 Å². The van der Waals surface area contributed by atoms with E-state index in [1.54, 1.807) is 12.1 Å². The average molecular weight is 396 g/mol. The van der Waals surface area contributed by atoms with Gasteiger partial charge in [-0.15, -0.1) is 27.8 Å². The molecule has 0 saturated carbocycles. The number of thiophene rings is 2. The maximum absolute atomic E-state index is 12.4.